The summed E-state index contributed by atoms with van der Waals surface area (Å²) in [6.45, 7) is 4.76. The van der Waals surface area contributed by atoms with Crippen molar-refractivity contribution in [2.45, 2.75) is 38.1 Å². The van der Waals surface area contributed by atoms with Gasteiger partial charge in [0.25, 0.3) is 0 Å². The van der Waals surface area contributed by atoms with Gasteiger partial charge in [0.1, 0.15) is 0 Å². The Bertz CT molecular complexity index is 354. The van der Waals surface area contributed by atoms with E-state index in [9.17, 15) is 0 Å². The number of methoxy groups -OCH3 is 2. The molecule has 2 atom stereocenters. The summed E-state index contributed by atoms with van der Waals surface area (Å²) >= 11 is 1.79. The zero-order valence-corrected chi connectivity index (χ0v) is 13.4. The summed E-state index contributed by atoms with van der Waals surface area (Å²) in [6.07, 6.45) is 0.664. The van der Waals surface area contributed by atoms with Gasteiger partial charge in [-0.1, -0.05) is 6.07 Å². The molecule has 5 heteroatoms. The smallest absolute Gasteiger partial charge is 0.176 e. The molecule has 0 aliphatic heterocycles. The third-order valence-corrected chi connectivity index (χ3v) is 4.79. The van der Waals surface area contributed by atoms with Crippen molar-refractivity contribution >= 4 is 11.3 Å². The predicted molar refractivity (Wildman–Crippen MR) is 80.5 cm³/mol. The Kier molecular flexibility index (Phi) is 6.42. The summed E-state index contributed by atoms with van der Waals surface area (Å²) in [6, 6.07) is 4.61. The number of hydrogen-bond donors (Lipinski definition) is 1. The summed E-state index contributed by atoms with van der Waals surface area (Å²) in [4.78, 5) is 3.63. The number of thiophene rings is 1. The fourth-order valence-corrected chi connectivity index (χ4v) is 3.20. The van der Waals surface area contributed by atoms with Crippen LogP contribution < -0.4 is 5.73 Å². The molecule has 0 saturated heterocycles. The maximum absolute atomic E-state index is 5.97. The van der Waals surface area contributed by atoms with Crippen LogP contribution in [0.5, 0.6) is 0 Å². The number of nitrogens with zero attached hydrogens (tertiary/aromatic N) is 1. The largest absolute Gasteiger partial charge is 0.354 e. The molecular formula is C14H26N2O2S. The predicted octanol–water partition coefficient (Wildman–Crippen LogP) is 1.95. The van der Waals surface area contributed by atoms with Crippen LogP contribution in [0.1, 0.15) is 18.7 Å². The summed E-state index contributed by atoms with van der Waals surface area (Å²) in [5.74, 6) is 0. The van der Waals surface area contributed by atoms with Gasteiger partial charge < -0.3 is 15.2 Å². The second-order valence-electron chi connectivity index (χ2n) is 5.11. The Morgan fingerprint density at radius 2 is 2.05 bits per heavy atom. The van der Waals surface area contributed by atoms with Crippen LogP contribution >= 0.6 is 11.3 Å². The first kappa shape index (κ1) is 16.6. The molecule has 1 heterocycles. The number of nitrogens with two attached hydrogens (primary N) is 1. The van der Waals surface area contributed by atoms with Crippen LogP contribution in [-0.2, 0) is 15.9 Å². The zero-order chi connectivity index (χ0) is 14.5. The summed E-state index contributed by atoms with van der Waals surface area (Å²) in [7, 11) is 5.38. The van der Waals surface area contributed by atoms with Crippen molar-refractivity contribution in [3.63, 3.8) is 0 Å². The molecule has 1 aromatic heterocycles. The minimum absolute atomic E-state index is 0.340. The second kappa shape index (κ2) is 7.36. The van der Waals surface area contributed by atoms with Gasteiger partial charge in [-0.25, -0.2) is 0 Å². The van der Waals surface area contributed by atoms with Gasteiger partial charge in [0.2, 0.25) is 0 Å². The first-order valence-electron chi connectivity index (χ1n) is 6.50. The van der Waals surface area contributed by atoms with E-state index in [0.717, 1.165) is 6.42 Å². The molecule has 0 saturated carbocycles. The number of likely N-dealkylation sites (N-methyl/N-ethyl adjacent to an activating group) is 1. The molecule has 1 rings (SSSR count). The summed E-state index contributed by atoms with van der Waals surface area (Å²) in [5.41, 5.74) is 5.63. The highest BCUT2D eigenvalue weighted by Crippen LogP contribution is 2.24. The Labute approximate surface area is 120 Å². The minimum atomic E-state index is -0.347. The molecule has 0 bridgehead atoms. The molecule has 110 valence electrons. The van der Waals surface area contributed by atoms with E-state index < -0.39 is 0 Å². The van der Waals surface area contributed by atoms with Crippen LogP contribution in [0.4, 0.5) is 0 Å². The SMILES string of the molecule is COC(OC)C(C)(CN)N(C)C(C)Cc1cccs1. The van der Waals surface area contributed by atoms with Crippen molar-refractivity contribution in [3.8, 4) is 0 Å². The van der Waals surface area contributed by atoms with E-state index >= 15 is 0 Å². The highest BCUT2D eigenvalue weighted by Gasteiger charge is 2.39. The molecule has 2 unspecified atom stereocenters. The van der Waals surface area contributed by atoms with Gasteiger partial charge in [0.05, 0.1) is 5.54 Å². The zero-order valence-electron chi connectivity index (χ0n) is 12.6. The lowest BCUT2D eigenvalue weighted by Gasteiger charge is -2.45. The van der Waals surface area contributed by atoms with E-state index in [4.69, 9.17) is 15.2 Å². The van der Waals surface area contributed by atoms with E-state index in [-0.39, 0.29) is 11.8 Å². The Morgan fingerprint density at radius 3 is 2.47 bits per heavy atom. The molecule has 0 aliphatic rings. The standard InChI is InChI=1S/C14H26N2O2S/c1-11(9-12-7-6-8-19-12)16(3)14(2,10-15)13(17-4)18-5/h6-8,11,13H,9-10,15H2,1-5H3. The molecule has 0 aliphatic carbocycles. The van der Waals surface area contributed by atoms with Crippen LogP contribution in [0.25, 0.3) is 0 Å². The first-order chi connectivity index (χ1) is 8.99. The van der Waals surface area contributed by atoms with Crippen molar-refractivity contribution in [2.24, 2.45) is 5.73 Å². The molecular weight excluding hydrogens is 260 g/mol. The Morgan fingerprint density at radius 1 is 1.42 bits per heavy atom. The maximum Gasteiger partial charge on any atom is 0.176 e. The molecule has 2 N–H and O–H groups in total. The topological polar surface area (TPSA) is 47.7 Å². The molecule has 0 spiro atoms. The molecule has 19 heavy (non-hydrogen) atoms. The van der Waals surface area contributed by atoms with Gasteiger partial charge in [-0.05, 0) is 38.8 Å². The first-order valence-corrected chi connectivity index (χ1v) is 7.38. The highest BCUT2D eigenvalue weighted by atomic mass is 32.1. The molecule has 4 nitrogen and oxygen atoms in total. The van der Waals surface area contributed by atoms with Gasteiger partial charge in [-0.2, -0.15) is 0 Å². The van der Waals surface area contributed by atoms with E-state index in [1.165, 1.54) is 4.88 Å². The monoisotopic (exact) mass is 286 g/mol. The summed E-state index contributed by atoms with van der Waals surface area (Å²) < 4.78 is 10.8. The molecule has 0 amide bonds. The highest BCUT2D eigenvalue weighted by molar-refractivity contribution is 7.09. The number of hydrogen-bond acceptors (Lipinski definition) is 5. The van der Waals surface area contributed by atoms with E-state index in [1.807, 2.05) is 0 Å². The average molecular weight is 286 g/mol. The van der Waals surface area contributed by atoms with Gasteiger partial charge >= 0.3 is 0 Å². The third-order valence-electron chi connectivity index (χ3n) is 3.89. The quantitative estimate of drug-likeness (QED) is 0.742. The fourth-order valence-electron chi connectivity index (χ4n) is 2.37. The van der Waals surface area contributed by atoms with Crippen LogP contribution in [0.15, 0.2) is 17.5 Å². The molecule has 0 aromatic carbocycles. The van der Waals surface area contributed by atoms with Crippen LogP contribution in [0, 0.1) is 0 Å². The van der Waals surface area contributed by atoms with Crippen molar-refractivity contribution in [1.82, 2.24) is 4.90 Å². The van der Waals surface area contributed by atoms with E-state index in [2.05, 4.69) is 43.3 Å². The lowest BCUT2D eigenvalue weighted by atomic mass is 9.96. The number of ether oxygens (including phenoxy) is 2. The Hall–Kier alpha value is -0.460. The van der Waals surface area contributed by atoms with Gasteiger partial charge in [0, 0.05) is 31.7 Å². The summed E-state index contributed by atoms with van der Waals surface area (Å²) in [5, 5.41) is 2.11. The van der Waals surface area contributed by atoms with Crippen LogP contribution in [-0.4, -0.2) is 50.6 Å². The van der Waals surface area contributed by atoms with E-state index in [1.54, 1.807) is 25.6 Å². The van der Waals surface area contributed by atoms with Crippen molar-refractivity contribution in [3.05, 3.63) is 22.4 Å². The van der Waals surface area contributed by atoms with Crippen LogP contribution in [0.3, 0.4) is 0 Å². The molecule has 0 fully saturated rings. The third kappa shape index (κ3) is 3.77. The average Bonchev–Trinajstić information content (AvgIpc) is 2.91. The van der Waals surface area contributed by atoms with E-state index in [0.29, 0.717) is 12.6 Å². The van der Waals surface area contributed by atoms with Gasteiger partial charge in [-0.3, -0.25) is 4.90 Å². The lowest BCUT2D eigenvalue weighted by Crippen LogP contribution is -2.61. The number of rotatable bonds is 8. The lowest BCUT2D eigenvalue weighted by molar-refractivity contribution is -0.182. The second-order valence-corrected chi connectivity index (χ2v) is 6.14. The molecule has 1 aromatic rings. The van der Waals surface area contributed by atoms with Gasteiger partial charge in [0.15, 0.2) is 6.29 Å². The van der Waals surface area contributed by atoms with Crippen molar-refractivity contribution < 1.29 is 9.47 Å². The fraction of sp³-hybridized carbons (Fsp3) is 0.714. The van der Waals surface area contributed by atoms with Crippen molar-refractivity contribution in [1.29, 1.82) is 0 Å². The van der Waals surface area contributed by atoms with Crippen LogP contribution in [0.2, 0.25) is 0 Å². The van der Waals surface area contributed by atoms with Gasteiger partial charge in [-0.15, -0.1) is 11.3 Å². The Balaban J connectivity index is 2.79. The molecule has 0 radical (unpaired) electrons. The van der Waals surface area contributed by atoms with Crippen molar-refractivity contribution in [2.75, 3.05) is 27.8 Å². The normalized spacial score (nSPS) is 16.8. The minimum Gasteiger partial charge on any atom is -0.354 e. The maximum atomic E-state index is 5.97.